The van der Waals surface area contributed by atoms with E-state index in [-0.39, 0.29) is 5.91 Å². The van der Waals surface area contributed by atoms with Crippen LogP contribution in [-0.2, 0) is 13.0 Å². The summed E-state index contributed by atoms with van der Waals surface area (Å²) in [4.78, 5) is 16.8. The average Bonchev–Trinajstić information content (AvgIpc) is 3.11. The smallest absolute Gasteiger partial charge is 0.254 e. The van der Waals surface area contributed by atoms with Gasteiger partial charge in [-0.05, 0) is 75.7 Å². The molecule has 0 atom stereocenters. The van der Waals surface area contributed by atoms with Crippen LogP contribution in [0.15, 0.2) is 28.7 Å². The lowest BCUT2D eigenvalue weighted by atomic mass is 10.0. The van der Waals surface area contributed by atoms with Gasteiger partial charge in [0, 0.05) is 31.6 Å². The second-order valence-electron chi connectivity index (χ2n) is 7.24. The molecule has 0 bridgehead atoms. The molecule has 1 amide bonds. The van der Waals surface area contributed by atoms with E-state index in [1.54, 1.807) is 0 Å². The number of nitrogens with zero attached hydrogens (tertiary/aromatic N) is 2. The number of carbonyl (C=O) groups excluding carboxylic acids is 1. The lowest BCUT2D eigenvalue weighted by Crippen LogP contribution is -2.29. The van der Waals surface area contributed by atoms with Gasteiger partial charge in [0.2, 0.25) is 0 Å². The lowest BCUT2D eigenvalue weighted by Gasteiger charge is -2.19. The number of furan rings is 1. The highest BCUT2D eigenvalue weighted by Crippen LogP contribution is 2.25. The standard InChI is InChI=1S/C21H28N2O2/c1-15-12-18-14-23(21(24)20(18)13-16(15)2)10-5-9-22(4)11-8-19-7-6-17(3)25-19/h6-7,12-13H,5,8-11,14H2,1-4H3. The number of aryl methyl sites for hydroxylation is 3. The molecule has 25 heavy (non-hydrogen) atoms. The summed E-state index contributed by atoms with van der Waals surface area (Å²) >= 11 is 0. The number of benzene rings is 1. The molecule has 0 N–H and O–H groups in total. The molecule has 0 aliphatic carbocycles. The molecule has 2 aromatic rings. The van der Waals surface area contributed by atoms with Crippen molar-refractivity contribution in [3.63, 3.8) is 0 Å². The van der Waals surface area contributed by atoms with E-state index in [4.69, 9.17) is 4.42 Å². The third-order valence-electron chi connectivity index (χ3n) is 5.10. The van der Waals surface area contributed by atoms with E-state index in [2.05, 4.69) is 31.9 Å². The zero-order valence-corrected chi connectivity index (χ0v) is 15.8. The predicted molar refractivity (Wildman–Crippen MR) is 99.9 cm³/mol. The van der Waals surface area contributed by atoms with Gasteiger partial charge in [0.05, 0.1) is 0 Å². The summed E-state index contributed by atoms with van der Waals surface area (Å²) in [5, 5.41) is 0. The van der Waals surface area contributed by atoms with E-state index in [1.807, 2.05) is 30.0 Å². The summed E-state index contributed by atoms with van der Waals surface area (Å²) in [5.74, 6) is 2.20. The monoisotopic (exact) mass is 340 g/mol. The number of hydrogen-bond acceptors (Lipinski definition) is 3. The van der Waals surface area contributed by atoms with Gasteiger partial charge in [-0.1, -0.05) is 6.07 Å². The van der Waals surface area contributed by atoms with E-state index in [9.17, 15) is 4.79 Å². The minimum Gasteiger partial charge on any atom is -0.466 e. The summed E-state index contributed by atoms with van der Waals surface area (Å²) < 4.78 is 5.61. The maximum atomic E-state index is 12.5. The maximum absolute atomic E-state index is 12.5. The van der Waals surface area contributed by atoms with Crippen LogP contribution >= 0.6 is 0 Å². The Morgan fingerprint density at radius 2 is 1.88 bits per heavy atom. The first-order valence-electron chi connectivity index (χ1n) is 9.07. The maximum Gasteiger partial charge on any atom is 0.254 e. The van der Waals surface area contributed by atoms with Crippen LogP contribution in [0, 0.1) is 20.8 Å². The van der Waals surface area contributed by atoms with Crippen LogP contribution in [0.25, 0.3) is 0 Å². The molecule has 0 unspecified atom stereocenters. The van der Waals surface area contributed by atoms with Crippen LogP contribution < -0.4 is 0 Å². The number of carbonyl (C=O) groups is 1. The molecular weight excluding hydrogens is 312 g/mol. The summed E-state index contributed by atoms with van der Waals surface area (Å²) in [6.45, 7) is 9.68. The topological polar surface area (TPSA) is 36.7 Å². The molecule has 0 spiro atoms. The Kier molecular flexibility index (Phi) is 5.28. The summed E-state index contributed by atoms with van der Waals surface area (Å²) in [6, 6.07) is 8.27. The molecular formula is C21H28N2O2. The molecule has 0 fully saturated rings. The first-order valence-corrected chi connectivity index (χ1v) is 9.07. The Bertz CT molecular complexity index is 763. The summed E-state index contributed by atoms with van der Waals surface area (Å²) in [6.07, 6.45) is 1.92. The molecule has 1 aromatic heterocycles. The average molecular weight is 340 g/mol. The van der Waals surface area contributed by atoms with Gasteiger partial charge in [0.25, 0.3) is 5.91 Å². The van der Waals surface area contributed by atoms with E-state index < -0.39 is 0 Å². The van der Waals surface area contributed by atoms with Crippen LogP contribution in [0.4, 0.5) is 0 Å². The molecule has 4 nitrogen and oxygen atoms in total. The van der Waals surface area contributed by atoms with Gasteiger partial charge in [-0.15, -0.1) is 0 Å². The van der Waals surface area contributed by atoms with Crippen molar-refractivity contribution in [1.29, 1.82) is 0 Å². The highest BCUT2D eigenvalue weighted by atomic mass is 16.3. The second-order valence-corrected chi connectivity index (χ2v) is 7.24. The number of hydrogen-bond donors (Lipinski definition) is 0. The number of likely N-dealkylation sites (N-methyl/N-ethyl adjacent to an activating group) is 1. The summed E-state index contributed by atoms with van der Waals surface area (Å²) in [5.41, 5.74) is 4.53. The van der Waals surface area contributed by atoms with Crippen molar-refractivity contribution in [1.82, 2.24) is 9.80 Å². The van der Waals surface area contributed by atoms with Gasteiger partial charge >= 0.3 is 0 Å². The van der Waals surface area contributed by atoms with E-state index >= 15 is 0 Å². The Labute approximate surface area is 150 Å². The van der Waals surface area contributed by atoms with Crippen LogP contribution in [0.1, 0.15) is 45.0 Å². The molecule has 134 valence electrons. The van der Waals surface area contributed by atoms with Gasteiger partial charge in [-0.3, -0.25) is 4.79 Å². The van der Waals surface area contributed by atoms with Crippen LogP contribution in [0.5, 0.6) is 0 Å². The fourth-order valence-electron chi connectivity index (χ4n) is 3.40. The molecule has 0 saturated heterocycles. The highest BCUT2D eigenvalue weighted by Gasteiger charge is 2.27. The fourth-order valence-corrected chi connectivity index (χ4v) is 3.40. The Hall–Kier alpha value is -2.07. The molecule has 4 heteroatoms. The van der Waals surface area contributed by atoms with Crippen molar-refractivity contribution in [2.45, 2.75) is 40.2 Å². The highest BCUT2D eigenvalue weighted by molar-refractivity contribution is 5.98. The van der Waals surface area contributed by atoms with Crippen LogP contribution in [-0.4, -0.2) is 42.4 Å². The first kappa shape index (κ1) is 17.7. The van der Waals surface area contributed by atoms with Gasteiger partial charge in [-0.25, -0.2) is 0 Å². The minimum atomic E-state index is 0.187. The number of fused-ring (bicyclic) bond motifs is 1. The normalized spacial score (nSPS) is 13.8. The number of amides is 1. The van der Waals surface area contributed by atoms with Crippen molar-refractivity contribution in [2.75, 3.05) is 26.7 Å². The van der Waals surface area contributed by atoms with Crippen molar-refractivity contribution < 1.29 is 9.21 Å². The molecule has 2 heterocycles. The van der Waals surface area contributed by atoms with Crippen LogP contribution in [0.3, 0.4) is 0 Å². The third kappa shape index (κ3) is 4.13. The van der Waals surface area contributed by atoms with Gasteiger partial charge < -0.3 is 14.2 Å². The molecule has 1 aliphatic heterocycles. The number of rotatable bonds is 7. The van der Waals surface area contributed by atoms with E-state index in [0.29, 0.717) is 0 Å². The van der Waals surface area contributed by atoms with Gasteiger partial charge in [-0.2, -0.15) is 0 Å². The van der Waals surface area contributed by atoms with Gasteiger partial charge in [0.15, 0.2) is 0 Å². The zero-order valence-electron chi connectivity index (χ0n) is 15.8. The molecule has 1 aliphatic rings. The van der Waals surface area contributed by atoms with Crippen molar-refractivity contribution in [3.8, 4) is 0 Å². The Morgan fingerprint density at radius 1 is 1.12 bits per heavy atom. The predicted octanol–water partition coefficient (Wildman–Crippen LogP) is 3.73. The minimum absolute atomic E-state index is 0.187. The Morgan fingerprint density at radius 3 is 2.60 bits per heavy atom. The molecule has 0 saturated carbocycles. The lowest BCUT2D eigenvalue weighted by molar-refractivity contribution is 0.0772. The van der Waals surface area contributed by atoms with Crippen molar-refractivity contribution in [2.24, 2.45) is 0 Å². The zero-order chi connectivity index (χ0) is 18.0. The quantitative estimate of drug-likeness (QED) is 0.771. The molecule has 1 aromatic carbocycles. The molecule has 3 rings (SSSR count). The first-order chi connectivity index (χ1) is 11.9. The second kappa shape index (κ2) is 7.44. The fraction of sp³-hybridized carbons (Fsp3) is 0.476. The van der Waals surface area contributed by atoms with Crippen molar-refractivity contribution in [3.05, 3.63) is 58.0 Å². The SMILES string of the molecule is Cc1ccc(CCN(C)CCCN2Cc3cc(C)c(C)cc3C2=O)o1. The van der Waals surface area contributed by atoms with Crippen molar-refractivity contribution >= 4 is 5.91 Å². The van der Waals surface area contributed by atoms with E-state index in [1.165, 1.54) is 16.7 Å². The van der Waals surface area contributed by atoms with Crippen LogP contribution in [0.2, 0.25) is 0 Å². The largest absolute Gasteiger partial charge is 0.466 e. The van der Waals surface area contributed by atoms with Gasteiger partial charge in [0.1, 0.15) is 11.5 Å². The Balaban J connectivity index is 1.44. The third-order valence-corrected chi connectivity index (χ3v) is 5.10. The molecule has 0 radical (unpaired) electrons. The van der Waals surface area contributed by atoms with E-state index in [0.717, 1.165) is 56.1 Å². The summed E-state index contributed by atoms with van der Waals surface area (Å²) in [7, 11) is 2.13.